The van der Waals surface area contributed by atoms with Crippen LogP contribution >= 0.6 is 15.9 Å². The van der Waals surface area contributed by atoms with Gasteiger partial charge in [-0.15, -0.1) is 0 Å². The summed E-state index contributed by atoms with van der Waals surface area (Å²) in [6, 6.07) is 4.94. The molecule has 0 heterocycles. The average Bonchev–Trinajstić information content (AvgIpc) is 2.14. The lowest BCUT2D eigenvalue weighted by Gasteiger charge is -2.10. The molecule has 1 N–H and O–H groups in total. The molecule has 4 heteroatoms. The van der Waals surface area contributed by atoms with E-state index in [9.17, 15) is 4.39 Å². The molecule has 0 aliphatic carbocycles. The molecule has 0 amide bonds. The van der Waals surface area contributed by atoms with Crippen molar-refractivity contribution in [2.75, 3.05) is 18.5 Å². The van der Waals surface area contributed by atoms with Crippen molar-refractivity contribution < 1.29 is 9.13 Å². The molecule has 2 nitrogen and oxygen atoms in total. The van der Waals surface area contributed by atoms with Gasteiger partial charge in [0.05, 0.1) is 18.4 Å². The molecule has 1 aromatic carbocycles. The Hall–Kier alpha value is -0.610. The summed E-state index contributed by atoms with van der Waals surface area (Å²) < 4.78 is 19.4. The molecule has 15 heavy (non-hydrogen) atoms. The lowest BCUT2D eigenvalue weighted by atomic mass is 10.3. The van der Waals surface area contributed by atoms with E-state index in [0.29, 0.717) is 18.8 Å². The molecule has 0 aromatic heterocycles. The van der Waals surface area contributed by atoms with E-state index in [1.807, 2.05) is 13.8 Å². The average molecular weight is 276 g/mol. The third kappa shape index (κ3) is 4.62. The molecule has 1 aromatic rings. The standard InChI is InChI=1S/C11H15BrFNO/c1-8(2)15-6-5-14-11-4-3-9(12)7-10(11)13/h3-4,7-8,14H,5-6H2,1-2H3. The van der Waals surface area contributed by atoms with Crippen molar-refractivity contribution in [3.63, 3.8) is 0 Å². The normalized spacial score (nSPS) is 10.7. The third-order valence-electron chi connectivity index (χ3n) is 1.80. The van der Waals surface area contributed by atoms with E-state index < -0.39 is 0 Å². The fraction of sp³-hybridized carbons (Fsp3) is 0.455. The van der Waals surface area contributed by atoms with Gasteiger partial charge in [0.25, 0.3) is 0 Å². The molecule has 0 bridgehead atoms. The van der Waals surface area contributed by atoms with Crippen LogP contribution in [0.3, 0.4) is 0 Å². The summed E-state index contributed by atoms with van der Waals surface area (Å²) in [6.45, 7) is 5.13. The fourth-order valence-corrected chi connectivity index (χ4v) is 1.45. The first-order valence-corrected chi connectivity index (χ1v) is 5.69. The lowest BCUT2D eigenvalue weighted by Crippen LogP contribution is -2.13. The number of hydrogen-bond acceptors (Lipinski definition) is 2. The number of nitrogens with one attached hydrogen (secondary N) is 1. The van der Waals surface area contributed by atoms with Gasteiger partial charge in [0, 0.05) is 11.0 Å². The SMILES string of the molecule is CC(C)OCCNc1ccc(Br)cc1F. The first-order chi connectivity index (χ1) is 7.09. The number of hydrogen-bond donors (Lipinski definition) is 1. The Labute approximate surface area is 98.0 Å². The quantitative estimate of drug-likeness (QED) is 0.832. The summed E-state index contributed by atoms with van der Waals surface area (Å²) in [4.78, 5) is 0. The number of benzene rings is 1. The van der Waals surface area contributed by atoms with E-state index in [4.69, 9.17) is 4.74 Å². The van der Waals surface area contributed by atoms with Crippen molar-refractivity contribution in [1.29, 1.82) is 0 Å². The van der Waals surface area contributed by atoms with Crippen LogP contribution in [0.4, 0.5) is 10.1 Å². The van der Waals surface area contributed by atoms with Crippen molar-refractivity contribution >= 4 is 21.6 Å². The van der Waals surface area contributed by atoms with E-state index in [1.165, 1.54) is 6.07 Å². The Kier molecular flexibility index (Phi) is 5.05. The number of ether oxygens (including phenoxy) is 1. The zero-order valence-corrected chi connectivity index (χ0v) is 10.5. The lowest BCUT2D eigenvalue weighted by molar-refractivity contribution is 0.0870. The van der Waals surface area contributed by atoms with Crippen LogP contribution in [0.15, 0.2) is 22.7 Å². The van der Waals surface area contributed by atoms with E-state index >= 15 is 0 Å². The summed E-state index contributed by atoms with van der Waals surface area (Å²) in [5.74, 6) is -0.256. The van der Waals surface area contributed by atoms with Gasteiger partial charge in [0.2, 0.25) is 0 Å². The molecule has 0 saturated carbocycles. The summed E-state index contributed by atoms with van der Waals surface area (Å²) in [7, 11) is 0. The molecule has 0 aliphatic rings. The second-order valence-corrected chi connectivity index (χ2v) is 4.39. The Morgan fingerprint density at radius 3 is 2.80 bits per heavy atom. The number of rotatable bonds is 5. The minimum Gasteiger partial charge on any atom is -0.380 e. The van der Waals surface area contributed by atoms with Crippen LogP contribution in [-0.4, -0.2) is 19.3 Å². The second kappa shape index (κ2) is 6.08. The van der Waals surface area contributed by atoms with Crippen molar-refractivity contribution in [1.82, 2.24) is 0 Å². The predicted molar refractivity (Wildman–Crippen MR) is 63.7 cm³/mol. The van der Waals surface area contributed by atoms with Crippen LogP contribution in [0.2, 0.25) is 0 Å². The smallest absolute Gasteiger partial charge is 0.147 e. The molecular weight excluding hydrogens is 261 g/mol. The third-order valence-corrected chi connectivity index (χ3v) is 2.29. The highest BCUT2D eigenvalue weighted by molar-refractivity contribution is 9.10. The van der Waals surface area contributed by atoms with E-state index in [2.05, 4.69) is 21.2 Å². The predicted octanol–water partition coefficient (Wildman–Crippen LogP) is 3.43. The van der Waals surface area contributed by atoms with Crippen molar-refractivity contribution in [2.24, 2.45) is 0 Å². The Morgan fingerprint density at radius 1 is 1.47 bits per heavy atom. The molecule has 0 unspecified atom stereocenters. The zero-order chi connectivity index (χ0) is 11.3. The summed E-state index contributed by atoms with van der Waals surface area (Å²) in [5, 5.41) is 2.97. The van der Waals surface area contributed by atoms with Crippen LogP contribution in [0.1, 0.15) is 13.8 Å². The first-order valence-electron chi connectivity index (χ1n) is 4.90. The molecule has 0 radical (unpaired) electrons. The maximum Gasteiger partial charge on any atom is 0.147 e. The van der Waals surface area contributed by atoms with Crippen LogP contribution in [0.25, 0.3) is 0 Å². The van der Waals surface area contributed by atoms with Crippen molar-refractivity contribution in [3.05, 3.63) is 28.5 Å². The van der Waals surface area contributed by atoms with E-state index in [1.54, 1.807) is 12.1 Å². The monoisotopic (exact) mass is 275 g/mol. The van der Waals surface area contributed by atoms with Gasteiger partial charge in [0.1, 0.15) is 5.82 Å². The first kappa shape index (κ1) is 12.5. The highest BCUT2D eigenvalue weighted by Crippen LogP contribution is 2.18. The highest BCUT2D eigenvalue weighted by Gasteiger charge is 2.01. The molecule has 0 spiro atoms. The van der Waals surface area contributed by atoms with E-state index in [0.717, 1.165) is 4.47 Å². The Balaban J connectivity index is 2.37. The second-order valence-electron chi connectivity index (χ2n) is 3.47. The maximum atomic E-state index is 13.3. The van der Waals surface area contributed by atoms with Gasteiger partial charge >= 0.3 is 0 Å². The molecular formula is C11H15BrFNO. The van der Waals surface area contributed by atoms with Crippen LogP contribution < -0.4 is 5.32 Å². The van der Waals surface area contributed by atoms with Crippen LogP contribution in [0, 0.1) is 5.82 Å². The largest absolute Gasteiger partial charge is 0.380 e. The zero-order valence-electron chi connectivity index (χ0n) is 8.89. The van der Waals surface area contributed by atoms with Gasteiger partial charge in [-0.1, -0.05) is 15.9 Å². The Morgan fingerprint density at radius 2 is 2.20 bits per heavy atom. The van der Waals surface area contributed by atoms with Gasteiger partial charge in [-0.25, -0.2) is 4.39 Å². The summed E-state index contributed by atoms with van der Waals surface area (Å²) in [5.41, 5.74) is 0.505. The minimum atomic E-state index is -0.256. The van der Waals surface area contributed by atoms with Crippen molar-refractivity contribution in [2.45, 2.75) is 20.0 Å². The number of anilines is 1. The van der Waals surface area contributed by atoms with Gasteiger partial charge in [-0.2, -0.15) is 0 Å². The maximum absolute atomic E-state index is 13.3. The fourth-order valence-electron chi connectivity index (χ4n) is 1.11. The van der Waals surface area contributed by atoms with Gasteiger partial charge in [-0.05, 0) is 32.0 Å². The molecule has 0 saturated heterocycles. The molecule has 0 atom stereocenters. The van der Waals surface area contributed by atoms with Gasteiger partial charge in [0.15, 0.2) is 0 Å². The van der Waals surface area contributed by atoms with E-state index in [-0.39, 0.29) is 11.9 Å². The van der Waals surface area contributed by atoms with Crippen LogP contribution in [0.5, 0.6) is 0 Å². The Bertz CT molecular complexity index is 317. The minimum absolute atomic E-state index is 0.210. The molecule has 0 aliphatic heterocycles. The van der Waals surface area contributed by atoms with Crippen molar-refractivity contribution in [3.8, 4) is 0 Å². The topological polar surface area (TPSA) is 21.3 Å². The molecule has 0 fully saturated rings. The summed E-state index contributed by atoms with van der Waals surface area (Å²) in [6.07, 6.45) is 0.210. The number of halogens is 2. The molecule has 1 rings (SSSR count). The molecule has 84 valence electrons. The van der Waals surface area contributed by atoms with Gasteiger partial charge in [-0.3, -0.25) is 0 Å². The van der Waals surface area contributed by atoms with Crippen LogP contribution in [-0.2, 0) is 4.74 Å². The highest BCUT2D eigenvalue weighted by atomic mass is 79.9. The van der Waals surface area contributed by atoms with Gasteiger partial charge < -0.3 is 10.1 Å². The summed E-state index contributed by atoms with van der Waals surface area (Å²) >= 11 is 3.20.